The van der Waals surface area contributed by atoms with Gasteiger partial charge in [0.15, 0.2) is 0 Å². The molecule has 2 heterocycles. The van der Waals surface area contributed by atoms with Crippen molar-refractivity contribution in [3.63, 3.8) is 0 Å². The topological polar surface area (TPSA) is 54.7 Å². The van der Waals surface area contributed by atoms with E-state index in [1.54, 1.807) is 0 Å². The van der Waals surface area contributed by atoms with E-state index in [9.17, 15) is 0 Å². The van der Waals surface area contributed by atoms with E-state index < -0.39 is 0 Å². The lowest BCUT2D eigenvalue weighted by Crippen LogP contribution is -2.14. The number of aromatic amines is 1. The summed E-state index contributed by atoms with van der Waals surface area (Å²) < 4.78 is 0.169. The van der Waals surface area contributed by atoms with Crippen molar-refractivity contribution in [3.8, 4) is 0 Å². The molecule has 1 aliphatic heterocycles. The lowest BCUT2D eigenvalue weighted by molar-refractivity contribution is 0.614. The first-order chi connectivity index (χ1) is 8.21. The number of nitrogens with one attached hydrogen (secondary N) is 1. The van der Waals surface area contributed by atoms with Crippen LogP contribution in [0.3, 0.4) is 0 Å². The van der Waals surface area contributed by atoms with E-state index in [1.165, 1.54) is 18.6 Å². The quantitative estimate of drug-likeness (QED) is 0.858. The fourth-order valence-corrected chi connectivity index (χ4v) is 3.66. The van der Waals surface area contributed by atoms with Gasteiger partial charge in [-0.25, -0.2) is 4.98 Å². The molecule has 3 N–H and O–H groups in total. The molecule has 0 amide bonds. The van der Waals surface area contributed by atoms with Crippen LogP contribution in [-0.4, -0.2) is 15.7 Å². The Kier molecular flexibility index (Phi) is 2.64. The normalized spacial score (nSPS) is 24.6. The van der Waals surface area contributed by atoms with E-state index in [2.05, 4.69) is 30.1 Å². The van der Waals surface area contributed by atoms with Crippen LogP contribution >= 0.6 is 11.8 Å². The molecule has 1 unspecified atom stereocenters. The molecule has 2 aromatic rings. The molecular weight excluding hydrogens is 230 g/mol. The minimum absolute atomic E-state index is 0.169. The van der Waals surface area contributed by atoms with Gasteiger partial charge in [-0.15, -0.1) is 11.8 Å². The van der Waals surface area contributed by atoms with Crippen LogP contribution in [0.25, 0.3) is 11.0 Å². The number of aromatic nitrogens is 2. The Morgan fingerprint density at radius 2 is 2.41 bits per heavy atom. The molecule has 90 valence electrons. The molecule has 1 atom stereocenters. The average molecular weight is 247 g/mol. The lowest BCUT2D eigenvalue weighted by atomic mass is 10.1. The van der Waals surface area contributed by atoms with Crippen LogP contribution in [-0.2, 0) is 11.3 Å². The molecule has 1 aliphatic rings. The highest BCUT2D eigenvalue weighted by molar-refractivity contribution is 8.00. The van der Waals surface area contributed by atoms with E-state index in [-0.39, 0.29) is 4.75 Å². The van der Waals surface area contributed by atoms with Gasteiger partial charge < -0.3 is 10.7 Å². The molecule has 1 saturated heterocycles. The number of hydrogen-bond donors (Lipinski definition) is 2. The van der Waals surface area contributed by atoms with Gasteiger partial charge in [-0.2, -0.15) is 0 Å². The Labute approximate surface area is 105 Å². The Balaban J connectivity index is 2.07. The molecule has 0 radical (unpaired) electrons. The van der Waals surface area contributed by atoms with Gasteiger partial charge in [0.1, 0.15) is 5.82 Å². The second-order valence-corrected chi connectivity index (χ2v) is 6.42. The number of H-pyrrole nitrogens is 1. The SMILES string of the molecule is CC1(c2nc3ccc(CN)cc3[nH]2)CCCS1. The average Bonchev–Trinajstić information content (AvgIpc) is 2.94. The van der Waals surface area contributed by atoms with Crippen LogP contribution in [0.2, 0.25) is 0 Å². The largest absolute Gasteiger partial charge is 0.341 e. The fraction of sp³-hybridized carbons (Fsp3) is 0.462. The summed E-state index contributed by atoms with van der Waals surface area (Å²) in [4.78, 5) is 8.19. The highest BCUT2D eigenvalue weighted by Gasteiger charge is 2.34. The number of fused-ring (bicyclic) bond motifs is 1. The van der Waals surface area contributed by atoms with Crippen LogP contribution in [0.15, 0.2) is 18.2 Å². The lowest BCUT2D eigenvalue weighted by Gasteiger charge is -2.18. The third-order valence-corrected chi connectivity index (χ3v) is 5.03. The summed E-state index contributed by atoms with van der Waals surface area (Å²) in [6, 6.07) is 6.21. The van der Waals surface area contributed by atoms with Gasteiger partial charge in [-0.3, -0.25) is 0 Å². The predicted octanol–water partition coefficient (Wildman–Crippen LogP) is 2.76. The summed E-state index contributed by atoms with van der Waals surface area (Å²) in [7, 11) is 0. The summed E-state index contributed by atoms with van der Waals surface area (Å²) in [5, 5.41) is 0. The van der Waals surface area contributed by atoms with Gasteiger partial charge in [-0.1, -0.05) is 6.07 Å². The number of rotatable bonds is 2. The van der Waals surface area contributed by atoms with E-state index >= 15 is 0 Å². The van der Waals surface area contributed by atoms with Crippen molar-refractivity contribution in [2.24, 2.45) is 5.73 Å². The number of nitrogens with zero attached hydrogens (tertiary/aromatic N) is 1. The summed E-state index contributed by atoms with van der Waals surface area (Å²) in [5.74, 6) is 2.35. The van der Waals surface area contributed by atoms with Crippen molar-refractivity contribution in [3.05, 3.63) is 29.6 Å². The van der Waals surface area contributed by atoms with Crippen molar-refractivity contribution in [1.82, 2.24) is 9.97 Å². The zero-order valence-corrected chi connectivity index (χ0v) is 10.8. The number of imidazole rings is 1. The Morgan fingerprint density at radius 3 is 3.12 bits per heavy atom. The molecule has 3 rings (SSSR count). The molecule has 17 heavy (non-hydrogen) atoms. The first kappa shape index (κ1) is 11.1. The van der Waals surface area contributed by atoms with Gasteiger partial charge in [-0.05, 0) is 43.2 Å². The van der Waals surface area contributed by atoms with Crippen LogP contribution < -0.4 is 5.73 Å². The van der Waals surface area contributed by atoms with E-state index in [4.69, 9.17) is 10.7 Å². The minimum atomic E-state index is 0.169. The molecule has 1 fully saturated rings. The van der Waals surface area contributed by atoms with Gasteiger partial charge in [0.05, 0.1) is 15.8 Å². The highest BCUT2D eigenvalue weighted by Crippen LogP contribution is 2.45. The monoisotopic (exact) mass is 247 g/mol. The van der Waals surface area contributed by atoms with Crippen LogP contribution in [0.1, 0.15) is 31.2 Å². The zero-order valence-electron chi connectivity index (χ0n) is 9.99. The Hall–Kier alpha value is -1.000. The third-order valence-electron chi connectivity index (χ3n) is 3.50. The maximum atomic E-state index is 5.66. The number of benzene rings is 1. The highest BCUT2D eigenvalue weighted by atomic mass is 32.2. The first-order valence-corrected chi connectivity index (χ1v) is 7.03. The second-order valence-electron chi connectivity index (χ2n) is 4.82. The van der Waals surface area contributed by atoms with Crippen LogP contribution in [0, 0.1) is 0 Å². The maximum absolute atomic E-state index is 5.66. The predicted molar refractivity (Wildman–Crippen MR) is 73.0 cm³/mol. The minimum Gasteiger partial charge on any atom is -0.341 e. The van der Waals surface area contributed by atoms with E-state index in [1.807, 2.05) is 11.8 Å². The number of hydrogen-bond acceptors (Lipinski definition) is 3. The van der Waals surface area contributed by atoms with Crippen LogP contribution in [0.4, 0.5) is 0 Å². The van der Waals surface area contributed by atoms with Crippen molar-refractivity contribution in [1.29, 1.82) is 0 Å². The van der Waals surface area contributed by atoms with Crippen molar-refractivity contribution < 1.29 is 0 Å². The van der Waals surface area contributed by atoms with Crippen molar-refractivity contribution in [2.45, 2.75) is 31.1 Å². The molecule has 3 nitrogen and oxygen atoms in total. The van der Waals surface area contributed by atoms with Gasteiger partial charge >= 0.3 is 0 Å². The van der Waals surface area contributed by atoms with Crippen LogP contribution in [0.5, 0.6) is 0 Å². The molecule has 0 saturated carbocycles. The summed E-state index contributed by atoms with van der Waals surface area (Å²) in [6.45, 7) is 2.86. The summed E-state index contributed by atoms with van der Waals surface area (Å²) >= 11 is 2.00. The smallest absolute Gasteiger partial charge is 0.123 e. The summed E-state index contributed by atoms with van der Waals surface area (Å²) in [6.07, 6.45) is 2.49. The second kappa shape index (κ2) is 4.03. The van der Waals surface area contributed by atoms with Gasteiger partial charge in [0.25, 0.3) is 0 Å². The third kappa shape index (κ3) is 1.85. The van der Waals surface area contributed by atoms with Crippen molar-refractivity contribution >= 4 is 22.8 Å². The Morgan fingerprint density at radius 1 is 1.53 bits per heavy atom. The maximum Gasteiger partial charge on any atom is 0.123 e. The Bertz CT molecular complexity index is 541. The van der Waals surface area contributed by atoms with E-state index in [0.29, 0.717) is 6.54 Å². The number of thioether (sulfide) groups is 1. The zero-order chi connectivity index (χ0) is 11.9. The molecule has 0 spiro atoms. The molecular formula is C13H17N3S. The van der Waals surface area contributed by atoms with Gasteiger partial charge in [0, 0.05) is 6.54 Å². The molecule has 0 bridgehead atoms. The molecule has 0 aliphatic carbocycles. The molecule has 1 aromatic carbocycles. The first-order valence-electron chi connectivity index (χ1n) is 6.04. The van der Waals surface area contributed by atoms with E-state index in [0.717, 1.165) is 22.4 Å². The van der Waals surface area contributed by atoms with Crippen molar-refractivity contribution in [2.75, 3.05) is 5.75 Å². The van der Waals surface area contributed by atoms with Gasteiger partial charge in [0.2, 0.25) is 0 Å². The number of nitrogens with two attached hydrogens (primary N) is 1. The molecule has 4 heteroatoms. The standard InChI is InChI=1S/C13H17N3S/c1-13(5-2-6-17-13)12-15-10-4-3-9(8-14)7-11(10)16-12/h3-4,7H,2,5-6,8,14H2,1H3,(H,15,16). The fourth-order valence-electron chi connectivity index (χ4n) is 2.40. The molecule has 1 aromatic heterocycles. The summed E-state index contributed by atoms with van der Waals surface area (Å²) in [5.41, 5.74) is 8.96.